The molecule has 19 heavy (non-hydrogen) atoms. The molecule has 0 heterocycles. The van der Waals surface area contributed by atoms with E-state index in [-0.39, 0.29) is 12.1 Å². The molecule has 2 fully saturated rings. The zero-order valence-corrected chi connectivity index (χ0v) is 12.4. The van der Waals surface area contributed by atoms with Crippen LogP contribution in [0.25, 0.3) is 0 Å². The molecule has 2 heteroatoms. The number of fused-ring (bicyclic) bond motifs is 1. The van der Waals surface area contributed by atoms with Crippen molar-refractivity contribution in [3.8, 4) is 0 Å². The molecule has 2 nitrogen and oxygen atoms in total. The smallest absolute Gasteiger partial charge is 0.302 e. The lowest BCUT2D eigenvalue weighted by atomic mass is 9.59. The molecule has 0 N–H and O–H groups in total. The second-order valence-corrected chi connectivity index (χ2v) is 6.52. The van der Waals surface area contributed by atoms with Gasteiger partial charge in [-0.05, 0) is 56.3 Å². The number of hydrogen-bond acceptors (Lipinski definition) is 2. The molecular formula is C17H26O2. The number of rotatable bonds is 2. The molecule has 0 aromatic rings. The van der Waals surface area contributed by atoms with Gasteiger partial charge in [-0.2, -0.15) is 0 Å². The maximum absolute atomic E-state index is 11.2. The van der Waals surface area contributed by atoms with Crippen molar-refractivity contribution in [3.63, 3.8) is 0 Å². The summed E-state index contributed by atoms with van der Waals surface area (Å²) in [6.45, 7) is 14.3. The number of allylic oxidation sites excluding steroid dienone is 2. The Hall–Kier alpha value is -1.05. The second kappa shape index (κ2) is 5.52. The van der Waals surface area contributed by atoms with Crippen molar-refractivity contribution in [2.24, 2.45) is 23.7 Å². The fourth-order valence-corrected chi connectivity index (χ4v) is 4.05. The van der Waals surface area contributed by atoms with Gasteiger partial charge in [0.25, 0.3) is 0 Å². The minimum Gasteiger partial charge on any atom is -0.462 e. The summed E-state index contributed by atoms with van der Waals surface area (Å²) in [6.07, 6.45) is 4.44. The van der Waals surface area contributed by atoms with Gasteiger partial charge in [-0.25, -0.2) is 0 Å². The van der Waals surface area contributed by atoms with Crippen LogP contribution in [0, 0.1) is 23.7 Å². The highest BCUT2D eigenvalue weighted by atomic mass is 16.5. The molecule has 5 atom stereocenters. The van der Waals surface area contributed by atoms with Crippen molar-refractivity contribution in [1.29, 1.82) is 0 Å². The molecule has 0 amide bonds. The van der Waals surface area contributed by atoms with E-state index in [1.165, 1.54) is 24.5 Å². The summed E-state index contributed by atoms with van der Waals surface area (Å²) in [6, 6.07) is 0. The van der Waals surface area contributed by atoms with E-state index in [1.807, 2.05) is 0 Å². The molecule has 0 radical (unpaired) electrons. The minimum absolute atomic E-state index is 0.0689. The van der Waals surface area contributed by atoms with Gasteiger partial charge in [0, 0.05) is 6.92 Å². The van der Waals surface area contributed by atoms with Crippen LogP contribution in [-0.2, 0) is 9.53 Å². The van der Waals surface area contributed by atoms with Gasteiger partial charge in [-0.3, -0.25) is 4.79 Å². The van der Waals surface area contributed by atoms with Crippen molar-refractivity contribution in [2.75, 3.05) is 0 Å². The normalized spacial score (nSPS) is 38.5. The van der Waals surface area contributed by atoms with E-state index in [0.29, 0.717) is 23.7 Å². The van der Waals surface area contributed by atoms with Crippen molar-refractivity contribution in [1.82, 2.24) is 0 Å². The summed E-state index contributed by atoms with van der Waals surface area (Å²) in [4.78, 5) is 11.2. The number of carbonyl (C=O) groups is 1. The van der Waals surface area contributed by atoms with E-state index in [2.05, 4.69) is 27.0 Å². The van der Waals surface area contributed by atoms with Crippen LogP contribution in [0.15, 0.2) is 24.3 Å². The zero-order valence-electron chi connectivity index (χ0n) is 12.4. The third kappa shape index (κ3) is 2.93. The van der Waals surface area contributed by atoms with E-state index >= 15 is 0 Å². The van der Waals surface area contributed by atoms with Crippen LogP contribution in [0.2, 0.25) is 0 Å². The predicted octanol–water partition coefficient (Wildman–Crippen LogP) is 4.12. The molecule has 0 aliphatic heterocycles. The molecule has 106 valence electrons. The molecule has 2 saturated carbocycles. The van der Waals surface area contributed by atoms with E-state index in [0.717, 1.165) is 19.3 Å². The van der Waals surface area contributed by atoms with Crippen molar-refractivity contribution < 1.29 is 9.53 Å². The number of hydrogen-bond donors (Lipinski definition) is 0. The fraction of sp³-hybridized carbons (Fsp3) is 0.706. The average Bonchev–Trinajstić information content (AvgIpc) is 2.30. The first-order valence-corrected chi connectivity index (χ1v) is 7.40. The molecule has 0 unspecified atom stereocenters. The first kappa shape index (κ1) is 14.4. The average molecular weight is 262 g/mol. The van der Waals surface area contributed by atoms with Gasteiger partial charge in [0.2, 0.25) is 0 Å². The largest absolute Gasteiger partial charge is 0.462 e. The van der Waals surface area contributed by atoms with Gasteiger partial charge in [0.1, 0.15) is 6.10 Å². The van der Waals surface area contributed by atoms with Gasteiger partial charge in [-0.1, -0.05) is 31.2 Å². The van der Waals surface area contributed by atoms with Crippen LogP contribution in [-0.4, -0.2) is 12.1 Å². The molecule has 2 rings (SSSR count). The minimum atomic E-state index is -0.159. The monoisotopic (exact) mass is 262 g/mol. The Labute approximate surface area is 116 Å². The SMILES string of the molecule is C=C(C)[C@H]1CCC(=C)[C@@H]2C[C@H](OC(C)=O)[C@H](C)C[C@@H]12. The number of esters is 1. The van der Waals surface area contributed by atoms with E-state index in [9.17, 15) is 4.79 Å². The highest BCUT2D eigenvalue weighted by molar-refractivity contribution is 5.66. The van der Waals surface area contributed by atoms with Gasteiger partial charge in [0.15, 0.2) is 0 Å². The molecule has 2 aliphatic rings. The lowest BCUT2D eigenvalue weighted by Crippen LogP contribution is -2.42. The van der Waals surface area contributed by atoms with E-state index in [4.69, 9.17) is 4.74 Å². The topological polar surface area (TPSA) is 26.3 Å². The Morgan fingerprint density at radius 2 is 2.00 bits per heavy atom. The summed E-state index contributed by atoms with van der Waals surface area (Å²) < 4.78 is 5.49. The molecule has 0 bridgehead atoms. The Balaban J connectivity index is 2.15. The highest BCUT2D eigenvalue weighted by Gasteiger charge is 2.43. The van der Waals surface area contributed by atoms with Crippen molar-refractivity contribution >= 4 is 5.97 Å². The third-order valence-electron chi connectivity index (χ3n) is 5.05. The van der Waals surface area contributed by atoms with E-state index < -0.39 is 0 Å². The molecule has 0 aromatic carbocycles. The Kier molecular flexibility index (Phi) is 4.17. The van der Waals surface area contributed by atoms with Crippen LogP contribution in [0.1, 0.15) is 46.5 Å². The first-order valence-electron chi connectivity index (χ1n) is 7.40. The van der Waals surface area contributed by atoms with Gasteiger partial charge in [-0.15, -0.1) is 0 Å². The second-order valence-electron chi connectivity index (χ2n) is 6.52. The van der Waals surface area contributed by atoms with Crippen LogP contribution < -0.4 is 0 Å². The number of ether oxygens (including phenoxy) is 1. The zero-order chi connectivity index (χ0) is 14.2. The number of carbonyl (C=O) groups excluding carboxylic acids is 1. The van der Waals surface area contributed by atoms with Crippen LogP contribution in [0.5, 0.6) is 0 Å². The summed E-state index contributed by atoms with van der Waals surface area (Å²) in [5.41, 5.74) is 2.66. The standard InChI is InChI=1S/C17H26O2/c1-10(2)14-7-6-11(3)15-9-17(19-13(5)18)12(4)8-16(14)15/h12,14-17H,1,3,6-9H2,2,4-5H3/t12-,14-,15+,16+,17+/m1/s1. The van der Waals surface area contributed by atoms with Gasteiger partial charge >= 0.3 is 5.97 Å². The van der Waals surface area contributed by atoms with Crippen molar-refractivity contribution in [3.05, 3.63) is 24.3 Å². The van der Waals surface area contributed by atoms with Gasteiger partial charge in [0.05, 0.1) is 0 Å². The lowest BCUT2D eigenvalue weighted by Gasteiger charge is -2.47. The maximum Gasteiger partial charge on any atom is 0.302 e. The maximum atomic E-state index is 11.2. The Morgan fingerprint density at radius 1 is 1.32 bits per heavy atom. The Bertz CT molecular complexity index is 396. The third-order valence-corrected chi connectivity index (χ3v) is 5.05. The molecular weight excluding hydrogens is 236 g/mol. The van der Waals surface area contributed by atoms with Crippen LogP contribution in [0.4, 0.5) is 0 Å². The molecule has 0 saturated heterocycles. The Morgan fingerprint density at radius 3 is 2.58 bits per heavy atom. The summed E-state index contributed by atoms with van der Waals surface area (Å²) in [5.74, 6) is 2.07. The summed E-state index contributed by atoms with van der Waals surface area (Å²) >= 11 is 0. The van der Waals surface area contributed by atoms with Crippen LogP contribution in [0.3, 0.4) is 0 Å². The molecule has 0 spiro atoms. The van der Waals surface area contributed by atoms with Crippen molar-refractivity contribution in [2.45, 2.75) is 52.6 Å². The molecule has 0 aromatic heterocycles. The summed E-state index contributed by atoms with van der Waals surface area (Å²) in [7, 11) is 0. The first-order chi connectivity index (χ1) is 8.90. The highest BCUT2D eigenvalue weighted by Crippen LogP contribution is 2.50. The fourth-order valence-electron chi connectivity index (χ4n) is 4.05. The lowest BCUT2D eigenvalue weighted by molar-refractivity contribution is -0.153. The predicted molar refractivity (Wildman–Crippen MR) is 77.6 cm³/mol. The summed E-state index contributed by atoms with van der Waals surface area (Å²) in [5, 5.41) is 0. The quantitative estimate of drug-likeness (QED) is 0.552. The van der Waals surface area contributed by atoms with Crippen LogP contribution >= 0.6 is 0 Å². The molecule has 2 aliphatic carbocycles. The van der Waals surface area contributed by atoms with Gasteiger partial charge < -0.3 is 4.74 Å². The van der Waals surface area contributed by atoms with E-state index in [1.54, 1.807) is 0 Å².